The molecule has 2 heterocycles. The zero-order valence-electron chi connectivity index (χ0n) is 16.3. The summed E-state index contributed by atoms with van der Waals surface area (Å²) in [6.45, 7) is 12.6. The number of nitrogens with two attached hydrogens (primary N) is 1. The summed E-state index contributed by atoms with van der Waals surface area (Å²) in [7, 11) is 0. The molecule has 0 aromatic heterocycles. The second-order valence-corrected chi connectivity index (χ2v) is 8.93. The molecule has 7 nitrogen and oxygen atoms in total. The molecule has 0 aliphatic carbocycles. The summed E-state index contributed by atoms with van der Waals surface area (Å²) >= 11 is 0. The van der Waals surface area contributed by atoms with Crippen LogP contribution in [0.4, 0.5) is 0 Å². The van der Waals surface area contributed by atoms with Crippen molar-refractivity contribution in [2.45, 2.75) is 71.5 Å². The molecule has 25 heavy (non-hydrogen) atoms. The van der Waals surface area contributed by atoms with Gasteiger partial charge >= 0.3 is 0 Å². The van der Waals surface area contributed by atoms with Crippen molar-refractivity contribution in [2.24, 2.45) is 11.1 Å². The molecule has 0 aromatic carbocycles. The van der Waals surface area contributed by atoms with E-state index in [0.717, 1.165) is 6.42 Å². The van der Waals surface area contributed by atoms with E-state index in [0.29, 0.717) is 26.1 Å². The highest BCUT2D eigenvalue weighted by molar-refractivity contribution is 5.92. The highest BCUT2D eigenvalue weighted by atomic mass is 16.2. The first-order valence-corrected chi connectivity index (χ1v) is 9.02. The molecular formula is C18H32N4O3. The van der Waals surface area contributed by atoms with Crippen molar-refractivity contribution in [3.05, 3.63) is 0 Å². The maximum Gasteiger partial charge on any atom is 0.245 e. The lowest BCUT2D eigenvalue weighted by atomic mass is 9.83. The van der Waals surface area contributed by atoms with E-state index >= 15 is 0 Å². The van der Waals surface area contributed by atoms with Crippen molar-refractivity contribution >= 4 is 17.7 Å². The van der Waals surface area contributed by atoms with Crippen LogP contribution in [0.5, 0.6) is 0 Å². The van der Waals surface area contributed by atoms with Crippen LogP contribution in [0.15, 0.2) is 0 Å². The van der Waals surface area contributed by atoms with Gasteiger partial charge in [-0.1, -0.05) is 20.8 Å². The van der Waals surface area contributed by atoms with Gasteiger partial charge in [-0.15, -0.1) is 0 Å². The van der Waals surface area contributed by atoms with E-state index in [1.807, 2.05) is 32.6 Å². The van der Waals surface area contributed by atoms with Crippen LogP contribution in [-0.2, 0) is 14.4 Å². The van der Waals surface area contributed by atoms with Crippen LogP contribution in [0.25, 0.3) is 0 Å². The van der Waals surface area contributed by atoms with Gasteiger partial charge in [0.2, 0.25) is 17.7 Å². The molecule has 3 N–H and O–H groups in total. The Morgan fingerprint density at radius 3 is 2.40 bits per heavy atom. The van der Waals surface area contributed by atoms with E-state index in [4.69, 9.17) is 5.73 Å². The molecule has 0 spiro atoms. The monoisotopic (exact) mass is 352 g/mol. The highest BCUT2D eigenvalue weighted by Crippen LogP contribution is 2.44. The van der Waals surface area contributed by atoms with E-state index < -0.39 is 17.0 Å². The highest BCUT2D eigenvalue weighted by Gasteiger charge is 2.55. The third-order valence-electron chi connectivity index (χ3n) is 5.33. The summed E-state index contributed by atoms with van der Waals surface area (Å²) in [5, 5.41) is 2.77. The molecule has 0 saturated carbocycles. The van der Waals surface area contributed by atoms with Crippen molar-refractivity contribution in [3.63, 3.8) is 0 Å². The van der Waals surface area contributed by atoms with Gasteiger partial charge in [-0.25, -0.2) is 0 Å². The molecule has 3 amide bonds. The first-order valence-electron chi connectivity index (χ1n) is 9.02. The van der Waals surface area contributed by atoms with Crippen LogP contribution in [0.2, 0.25) is 0 Å². The topological polar surface area (TPSA) is 95.7 Å². The van der Waals surface area contributed by atoms with Crippen LogP contribution >= 0.6 is 0 Å². The fraction of sp³-hybridized carbons (Fsp3) is 0.833. The number of carbonyl (C=O) groups excluding carboxylic acids is 3. The number of rotatable bonds is 4. The van der Waals surface area contributed by atoms with Crippen molar-refractivity contribution in [2.75, 3.05) is 19.6 Å². The molecule has 2 aliphatic rings. The van der Waals surface area contributed by atoms with E-state index in [1.54, 1.807) is 18.7 Å². The Labute approximate surface area is 150 Å². The predicted octanol–water partition coefficient (Wildman–Crippen LogP) is 0.478. The SMILES string of the molecule is CC[C@@H](NC(=O)C(C)(C)N)C(=O)N1CCN2C(=O)C(C)(C)CC2(C)C1. The number of fused-ring (bicyclic) bond motifs is 1. The Hall–Kier alpha value is -1.63. The summed E-state index contributed by atoms with van der Waals surface area (Å²) in [5.41, 5.74) is 4.05. The summed E-state index contributed by atoms with van der Waals surface area (Å²) in [5.74, 6) is -0.278. The number of hydrogen-bond donors (Lipinski definition) is 2. The van der Waals surface area contributed by atoms with Gasteiger partial charge in [0.15, 0.2) is 0 Å². The minimum absolute atomic E-state index is 0.0990. The first-order chi connectivity index (χ1) is 11.3. The van der Waals surface area contributed by atoms with Gasteiger partial charge in [0.05, 0.1) is 11.1 Å². The second-order valence-electron chi connectivity index (χ2n) is 8.93. The van der Waals surface area contributed by atoms with Gasteiger partial charge in [-0.05, 0) is 33.6 Å². The molecule has 2 saturated heterocycles. The van der Waals surface area contributed by atoms with Gasteiger partial charge in [-0.2, -0.15) is 0 Å². The van der Waals surface area contributed by atoms with E-state index in [1.165, 1.54) is 0 Å². The number of piperazine rings is 1. The minimum atomic E-state index is -1.03. The van der Waals surface area contributed by atoms with E-state index in [9.17, 15) is 14.4 Å². The number of hydrogen-bond acceptors (Lipinski definition) is 4. The maximum atomic E-state index is 12.9. The van der Waals surface area contributed by atoms with Crippen LogP contribution in [-0.4, -0.2) is 64.3 Å². The second kappa shape index (κ2) is 6.27. The Kier molecular flexibility index (Phi) is 4.94. The van der Waals surface area contributed by atoms with Crippen LogP contribution in [0.3, 0.4) is 0 Å². The Morgan fingerprint density at radius 2 is 1.88 bits per heavy atom. The van der Waals surface area contributed by atoms with Crippen LogP contribution < -0.4 is 11.1 Å². The first kappa shape index (κ1) is 19.7. The summed E-state index contributed by atoms with van der Waals surface area (Å²) in [6.07, 6.45) is 1.23. The normalized spacial score (nSPS) is 27.1. The fourth-order valence-corrected chi connectivity index (χ4v) is 4.05. The lowest BCUT2D eigenvalue weighted by Crippen LogP contribution is -2.63. The van der Waals surface area contributed by atoms with Gasteiger partial charge in [-0.3, -0.25) is 14.4 Å². The summed E-state index contributed by atoms with van der Waals surface area (Å²) in [6, 6.07) is -0.587. The lowest BCUT2D eigenvalue weighted by Gasteiger charge is -2.45. The molecule has 2 rings (SSSR count). The summed E-state index contributed by atoms with van der Waals surface area (Å²) < 4.78 is 0. The zero-order chi connectivity index (χ0) is 19.2. The Balaban J connectivity index is 2.11. The fourth-order valence-electron chi connectivity index (χ4n) is 4.05. The molecule has 1 unspecified atom stereocenters. The van der Waals surface area contributed by atoms with Crippen LogP contribution in [0.1, 0.15) is 54.4 Å². The maximum absolute atomic E-state index is 12.9. The Morgan fingerprint density at radius 1 is 1.28 bits per heavy atom. The van der Waals surface area contributed by atoms with Gasteiger partial charge in [0, 0.05) is 25.0 Å². The molecule has 7 heteroatoms. The average Bonchev–Trinajstić information content (AvgIpc) is 2.67. The largest absolute Gasteiger partial charge is 0.343 e. The van der Waals surface area contributed by atoms with Crippen molar-refractivity contribution in [1.29, 1.82) is 0 Å². The molecule has 142 valence electrons. The zero-order valence-corrected chi connectivity index (χ0v) is 16.3. The molecule has 0 radical (unpaired) electrons. The third kappa shape index (κ3) is 3.66. The number of nitrogens with zero attached hydrogens (tertiary/aromatic N) is 2. The van der Waals surface area contributed by atoms with Gasteiger partial charge in [0.25, 0.3) is 0 Å². The molecule has 0 bridgehead atoms. The minimum Gasteiger partial charge on any atom is -0.343 e. The van der Waals surface area contributed by atoms with Gasteiger partial charge in [0.1, 0.15) is 6.04 Å². The van der Waals surface area contributed by atoms with Crippen molar-refractivity contribution in [1.82, 2.24) is 15.1 Å². The van der Waals surface area contributed by atoms with E-state index in [-0.39, 0.29) is 23.3 Å². The lowest BCUT2D eigenvalue weighted by molar-refractivity contribution is -0.146. The average molecular weight is 352 g/mol. The smallest absolute Gasteiger partial charge is 0.245 e. The predicted molar refractivity (Wildman–Crippen MR) is 95.6 cm³/mol. The number of amides is 3. The summed E-state index contributed by atoms with van der Waals surface area (Å²) in [4.78, 5) is 41.3. The molecule has 2 atom stereocenters. The Bertz CT molecular complexity index is 581. The van der Waals surface area contributed by atoms with Crippen molar-refractivity contribution in [3.8, 4) is 0 Å². The molecule has 2 fully saturated rings. The number of carbonyl (C=O) groups is 3. The molecule has 2 aliphatic heterocycles. The standard InChI is InChI=1S/C18H32N4O3/c1-7-12(20-14(24)17(4,5)19)13(23)21-8-9-22-15(25)16(2,3)10-18(22,6)11-21/h12H,7-11,19H2,1-6H3,(H,20,24)/t12-,18?/m1/s1. The number of nitrogens with one attached hydrogen (secondary N) is 1. The third-order valence-corrected chi connectivity index (χ3v) is 5.33. The van der Waals surface area contributed by atoms with E-state index in [2.05, 4.69) is 5.32 Å². The quantitative estimate of drug-likeness (QED) is 0.769. The molecular weight excluding hydrogens is 320 g/mol. The van der Waals surface area contributed by atoms with Crippen LogP contribution in [0, 0.1) is 5.41 Å². The van der Waals surface area contributed by atoms with Gasteiger partial charge < -0.3 is 20.9 Å². The molecule has 0 aromatic rings. The van der Waals surface area contributed by atoms with Crippen molar-refractivity contribution < 1.29 is 14.4 Å².